The van der Waals surface area contributed by atoms with E-state index in [1.165, 1.54) is 0 Å². The average Bonchev–Trinajstić information content (AvgIpc) is 2.74. The minimum absolute atomic E-state index is 0.0695. The molecule has 0 aliphatic rings. The number of rotatable bonds is 13. The van der Waals surface area contributed by atoms with Gasteiger partial charge in [0.15, 0.2) is 5.78 Å². The Kier molecular flexibility index (Phi) is 11.8. The Hall–Kier alpha value is -2.74. The molecule has 4 N–H and O–H groups in total. The molecule has 0 fully saturated rings. The number of hydrogen-bond acceptors (Lipinski definition) is 5. The minimum Gasteiger partial charge on any atom is -0.346 e. The van der Waals surface area contributed by atoms with Crippen LogP contribution in [0.2, 0.25) is 0 Å². The molecule has 0 radical (unpaired) electrons. The van der Waals surface area contributed by atoms with Crippen LogP contribution >= 0.6 is 0 Å². The van der Waals surface area contributed by atoms with Crippen LogP contribution in [0.4, 0.5) is 0 Å². The fourth-order valence-corrected chi connectivity index (χ4v) is 3.39. The quantitative estimate of drug-likeness (QED) is 0.357. The number of Topliss-reactive ketones (excluding diaryl/α,β-unsaturated/α-hetero) is 1. The number of benzene rings is 1. The molecule has 0 spiro atoms. The molecule has 1 aromatic rings. The Balaban J connectivity index is 2.79. The highest BCUT2D eigenvalue weighted by atomic mass is 16.2. The summed E-state index contributed by atoms with van der Waals surface area (Å²) >= 11 is 0. The van der Waals surface area contributed by atoms with Crippen LogP contribution in [0.3, 0.4) is 0 Å². The molecule has 184 valence electrons. The summed E-state index contributed by atoms with van der Waals surface area (Å²) in [5.74, 6) is -1.71. The van der Waals surface area contributed by atoms with Gasteiger partial charge in [0.25, 0.3) is 0 Å². The predicted octanol–water partition coefficient (Wildman–Crippen LogP) is 1.58. The highest BCUT2D eigenvalue weighted by Crippen LogP contribution is 2.10. The molecule has 0 aliphatic heterocycles. The van der Waals surface area contributed by atoms with Gasteiger partial charge in [-0.25, -0.2) is 0 Å². The Morgan fingerprint density at radius 1 is 0.818 bits per heavy atom. The summed E-state index contributed by atoms with van der Waals surface area (Å²) in [7, 11) is 0. The summed E-state index contributed by atoms with van der Waals surface area (Å²) in [5, 5.41) is 11.2. The highest BCUT2D eigenvalue weighted by Gasteiger charge is 2.30. The van der Waals surface area contributed by atoms with Crippen molar-refractivity contribution in [2.45, 2.75) is 79.1 Å². The summed E-state index contributed by atoms with van der Waals surface area (Å²) < 4.78 is 0. The molecule has 3 atom stereocenters. The molecular weight excluding hydrogens is 420 g/mol. The van der Waals surface area contributed by atoms with Gasteiger partial charge in [0.05, 0.1) is 18.6 Å². The first-order chi connectivity index (χ1) is 15.4. The first kappa shape index (κ1) is 28.3. The van der Waals surface area contributed by atoms with Crippen molar-refractivity contribution in [3.63, 3.8) is 0 Å². The zero-order valence-electron chi connectivity index (χ0n) is 20.9. The van der Waals surface area contributed by atoms with Crippen molar-refractivity contribution in [1.29, 1.82) is 0 Å². The van der Waals surface area contributed by atoms with Crippen molar-refractivity contribution < 1.29 is 19.2 Å². The van der Waals surface area contributed by atoms with Crippen molar-refractivity contribution in [2.75, 3.05) is 6.54 Å². The topological polar surface area (TPSA) is 116 Å². The molecule has 0 bridgehead atoms. The molecular formula is C25H40N4O4. The Morgan fingerprint density at radius 3 is 1.94 bits per heavy atom. The summed E-state index contributed by atoms with van der Waals surface area (Å²) in [6.07, 6.45) is 0.374. The zero-order valence-corrected chi connectivity index (χ0v) is 20.9. The molecule has 0 heterocycles. The number of nitrogens with one attached hydrogen (secondary N) is 4. The third kappa shape index (κ3) is 10.2. The molecule has 0 aliphatic carbocycles. The van der Waals surface area contributed by atoms with E-state index in [4.69, 9.17) is 0 Å². The molecule has 33 heavy (non-hydrogen) atoms. The number of amides is 3. The van der Waals surface area contributed by atoms with Gasteiger partial charge in [-0.05, 0) is 24.8 Å². The van der Waals surface area contributed by atoms with Crippen molar-refractivity contribution >= 4 is 23.5 Å². The SMILES string of the molecule is CC(C)N[C@@H](C)C(=O)NCC(=O)N[C@H](C(=O)N[C@@H](Cc1ccccc1)C(=O)C(C)C)C(C)C. The molecule has 0 saturated carbocycles. The number of hydrogen-bond donors (Lipinski definition) is 4. The molecule has 8 nitrogen and oxygen atoms in total. The third-order valence-corrected chi connectivity index (χ3v) is 5.18. The van der Waals surface area contributed by atoms with E-state index < -0.39 is 29.9 Å². The molecule has 1 rings (SSSR count). The van der Waals surface area contributed by atoms with Crippen molar-refractivity contribution in [2.24, 2.45) is 11.8 Å². The van der Waals surface area contributed by atoms with Crippen LogP contribution in [0.15, 0.2) is 30.3 Å². The highest BCUT2D eigenvalue weighted by molar-refractivity contribution is 5.94. The lowest BCUT2D eigenvalue weighted by atomic mass is 9.94. The predicted molar refractivity (Wildman–Crippen MR) is 129 cm³/mol. The van der Waals surface area contributed by atoms with Crippen molar-refractivity contribution in [3.05, 3.63) is 35.9 Å². The standard InChI is InChI=1S/C25H40N4O4/c1-15(2)22(29-21(30)14-26-24(32)18(7)27-17(5)6)25(33)28-20(23(31)16(3)4)13-19-11-9-8-10-12-19/h8-12,15-18,20,22,27H,13-14H2,1-7H3,(H,26,32)(H,28,33)(H,29,30)/t18-,20-,22-/m0/s1. The van der Waals surface area contributed by atoms with Gasteiger partial charge in [-0.3, -0.25) is 19.2 Å². The molecule has 8 heteroatoms. The third-order valence-electron chi connectivity index (χ3n) is 5.18. The van der Waals surface area contributed by atoms with E-state index in [-0.39, 0.29) is 36.1 Å². The van der Waals surface area contributed by atoms with Gasteiger partial charge in [0.2, 0.25) is 17.7 Å². The molecule has 0 saturated heterocycles. The summed E-state index contributed by atoms with van der Waals surface area (Å²) in [4.78, 5) is 50.4. The fraction of sp³-hybridized carbons (Fsp3) is 0.600. The average molecular weight is 461 g/mol. The molecule has 0 aromatic heterocycles. The van der Waals surface area contributed by atoms with Gasteiger partial charge in [-0.15, -0.1) is 0 Å². The Labute approximate surface area is 197 Å². The largest absolute Gasteiger partial charge is 0.346 e. The lowest BCUT2D eigenvalue weighted by Crippen LogP contribution is -2.56. The van der Waals surface area contributed by atoms with Gasteiger partial charge >= 0.3 is 0 Å². The maximum atomic E-state index is 13.0. The first-order valence-electron chi connectivity index (χ1n) is 11.6. The summed E-state index contributed by atoms with van der Waals surface area (Å²) in [5.41, 5.74) is 0.939. The fourth-order valence-electron chi connectivity index (χ4n) is 3.39. The summed E-state index contributed by atoms with van der Waals surface area (Å²) in [6, 6.07) is 7.64. The molecule has 1 aromatic carbocycles. The number of ketones is 1. The van der Waals surface area contributed by atoms with Crippen LogP contribution in [-0.2, 0) is 25.6 Å². The van der Waals surface area contributed by atoms with E-state index in [0.717, 1.165) is 5.56 Å². The maximum Gasteiger partial charge on any atom is 0.243 e. The minimum atomic E-state index is -0.834. The van der Waals surface area contributed by atoms with Gasteiger partial charge in [0.1, 0.15) is 6.04 Å². The monoisotopic (exact) mass is 460 g/mol. The van der Waals surface area contributed by atoms with Crippen LogP contribution in [-0.4, -0.2) is 54.2 Å². The van der Waals surface area contributed by atoms with Crippen molar-refractivity contribution in [3.8, 4) is 0 Å². The number of carbonyl (C=O) groups excluding carboxylic acids is 4. The van der Waals surface area contributed by atoms with Crippen LogP contribution < -0.4 is 21.3 Å². The van der Waals surface area contributed by atoms with Crippen LogP contribution in [0.5, 0.6) is 0 Å². The first-order valence-corrected chi connectivity index (χ1v) is 11.6. The van der Waals surface area contributed by atoms with E-state index in [1.54, 1.807) is 20.8 Å². The molecule has 0 unspecified atom stereocenters. The normalized spacial score (nSPS) is 14.0. The van der Waals surface area contributed by atoms with Crippen molar-refractivity contribution in [1.82, 2.24) is 21.3 Å². The van der Waals surface area contributed by atoms with E-state index in [2.05, 4.69) is 21.3 Å². The lowest BCUT2D eigenvalue weighted by Gasteiger charge is -2.26. The number of carbonyl (C=O) groups is 4. The maximum absolute atomic E-state index is 13.0. The summed E-state index contributed by atoms with van der Waals surface area (Å²) in [6.45, 7) is 12.6. The zero-order chi connectivity index (χ0) is 25.1. The smallest absolute Gasteiger partial charge is 0.243 e. The Bertz CT molecular complexity index is 793. The lowest BCUT2D eigenvalue weighted by molar-refractivity contribution is -0.133. The van der Waals surface area contributed by atoms with Gasteiger partial charge in [0, 0.05) is 12.0 Å². The van der Waals surface area contributed by atoms with E-state index in [0.29, 0.717) is 6.42 Å². The second-order valence-electron chi connectivity index (χ2n) is 9.36. The molecule has 3 amide bonds. The van der Waals surface area contributed by atoms with Crippen LogP contribution in [0.25, 0.3) is 0 Å². The second-order valence-corrected chi connectivity index (χ2v) is 9.36. The van der Waals surface area contributed by atoms with Gasteiger partial charge in [-0.2, -0.15) is 0 Å². The van der Waals surface area contributed by atoms with E-state index >= 15 is 0 Å². The van der Waals surface area contributed by atoms with Crippen LogP contribution in [0, 0.1) is 11.8 Å². The van der Waals surface area contributed by atoms with E-state index in [9.17, 15) is 19.2 Å². The van der Waals surface area contributed by atoms with Gasteiger partial charge in [-0.1, -0.05) is 71.9 Å². The second kappa shape index (κ2) is 13.7. The Morgan fingerprint density at radius 2 is 1.42 bits per heavy atom. The van der Waals surface area contributed by atoms with Crippen LogP contribution in [0.1, 0.15) is 54.0 Å². The van der Waals surface area contributed by atoms with Gasteiger partial charge < -0.3 is 21.3 Å². The van der Waals surface area contributed by atoms with E-state index in [1.807, 2.05) is 58.0 Å².